The van der Waals surface area contributed by atoms with Crippen LogP contribution in [-0.4, -0.2) is 17.0 Å². The second-order valence-corrected chi connectivity index (χ2v) is 5.66. The Morgan fingerprint density at radius 1 is 1.19 bits per heavy atom. The minimum atomic E-state index is -0.482. The molecule has 0 unspecified atom stereocenters. The molecule has 0 atom stereocenters. The van der Waals surface area contributed by atoms with Crippen LogP contribution in [0.25, 0.3) is 11.3 Å². The number of furan rings is 1. The number of amides is 1. The molecule has 3 aromatic rings. The van der Waals surface area contributed by atoms with Gasteiger partial charge in [-0.3, -0.25) is 14.9 Å². The van der Waals surface area contributed by atoms with E-state index >= 15 is 0 Å². The number of nitro benzene ring substituents is 1. The van der Waals surface area contributed by atoms with Crippen LogP contribution in [-0.2, 0) is 0 Å². The maximum atomic E-state index is 12.8. The highest BCUT2D eigenvalue weighted by atomic mass is 19.1. The summed E-state index contributed by atoms with van der Waals surface area (Å²) in [6.07, 6.45) is 1.33. The van der Waals surface area contributed by atoms with Crippen molar-refractivity contribution in [2.24, 2.45) is 5.10 Å². The van der Waals surface area contributed by atoms with Crippen molar-refractivity contribution in [3.63, 3.8) is 0 Å². The number of hydrogen-bond donors (Lipinski definition) is 1. The Morgan fingerprint density at radius 3 is 2.59 bits per heavy atom. The van der Waals surface area contributed by atoms with E-state index in [1.807, 2.05) is 0 Å². The molecule has 0 aliphatic rings. The summed E-state index contributed by atoms with van der Waals surface area (Å²) in [7, 11) is 0. The van der Waals surface area contributed by atoms with E-state index in [1.165, 1.54) is 42.6 Å². The van der Waals surface area contributed by atoms with Gasteiger partial charge in [0.2, 0.25) is 0 Å². The summed E-state index contributed by atoms with van der Waals surface area (Å²) < 4.78 is 18.5. The molecule has 1 N–H and O–H groups in total. The van der Waals surface area contributed by atoms with E-state index in [2.05, 4.69) is 10.5 Å². The molecular weight excluding hydrogens is 353 g/mol. The maximum Gasteiger partial charge on any atom is 0.271 e. The summed E-state index contributed by atoms with van der Waals surface area (Å²) in [6.45, 7) is 1.75. The first-order valence-corrected chi connectivity index (χ1v) is 7.88. The van der Waals surface area contributed by atoms with Gasteiger partial charge in [0.1, 0.15) is 17.3 Å². The quantitative estimate of drug-likeness (QED) is 0.417. The van der Waals surface area contributed by atoms with Crippen molar-refractivity contribution in [3.05, 3.63) is 87.4 Å². The molecule has 2 aromatic carbocycles. The van der Waals surface area contributed by atoms with Crippen LogP contribution >= 0.6 is 0 Å². The molecular formula is C19H14FN3O4. The zero-order chi connectivity index (χ0) is 19.4. The van der Waals surface area contributed by atoms with Crippen molar-refractivity contribution >= 4 is 17.8 Å². The Balaban J connectivity index is 1.69. The zero-order valence-corrected chi connectivity index (χ0v) is 14.2. The third-order valence-corrected chi connectivity index (χ3v) is 3.78. The molecule has 7 nitrogen and oxygen atoms in total. The van der Waals surface area contributed by atoms with Gasteiger partial charge in [0, 0.05) is 23.3 Å². The summed E-state index contributed by atoms with van der Waals surface area (Å²) in [5.41, 5.74) is 4.02. The molecule has 0 fully saturated rings. The van der Waals surface area contributed by atoms with Gasteiger partial charge in [0.15, 0.2) is 0 Å². The molecule has 0 saturated carbocycles. The van der Waals surface area contributed by atoms with Crippen molar-refractivity contribution in [2.75, 3.05) is 0 Å². The second kappa shape index (κ2) is 7.61. The summed E-state index contributed by atoms with van der Waals surface area (Å²) >= 11 is 0. The summed E-state index contributed by atoms with van der Waals surface area (Å²) in [6, 6.07) is 12.9. The Bertz CT molecular complexity index is 1030. The standard InChI is InChI=1S/C19H14FN3O4/c1-12-10-15(23(25)26)6-8-17(12)18-9-7-16(27-18)11-21-22-19(24)13-2-4-14(20)5-3-13/h2-11H,1H3,(H,22,24)/b21-11-. The molecule has 0 aliphatic carbocycles. The number of nitro groups is 1. The molecule has 1 aromatic heterocycles. The monoisotopic (exact) mass is 367 g/mol. The van der Waals surface area contributed by atoms with Crippen molar-refractivity contribution in [3.8, 4) is 11.3 Å². The minimum Gasteiger partial charge on any atom is -0.455 e. The smallest absolute Gasteiger partial charge is 0.271 e. The van der Waals surface area contributed by atoms with Crippen LogP contribution in [0.5, 0.6) is 0 Å². The van der Waals surface area contributed by atoms with Gasteiger partial charge in [-0.15, -0.1) is 0 Å². The molecule has 136 valence electrons. The van der Waals surface area contributed by atoms with Gasteiger partial charge < -0.3 is 4.42 Å². The molecule has 3 rings (SSSR count). The number of non-ortho nitro benzene ring substituents is 1. The molecule has 0 radical (unpaired) electrons. The Kier molecular flexibility index (Phi) is 5.07. The lowest BCUT2D eigenvalue weighted by molar-refractivity contribution is -0.384. The Labute approximate surface area is 153 Å². The molecule has 0 bridgehead atoms. The van der Waals surface area contributed by atoms with Crippen LogP contribution in [0.15, 0.2) is 64.1 Å². The fourth-order valence-electron chi connectivity index (χ4n) is 2.43. The van der Waals surface area contributed by atoms with Crippen LogP contribution in [0.4, 0.5) is 10.1 Å². The van der Waals surface area contributed by atoms with Crippen LogP contribution in [0.3, 0.4) is 0 Å². The predicted molar refractivity (Wildman–Crippen MR) is 97.0 cm³/mol. The molecule has 0 saturated heterocycles. The van der Waals surface area contributed by atoms with E-state index in [1.54, 1.807) is 25.1 Å². The van der Waals surface area contributed by atoms with E-state index < -0.39 is 16.6 Å². The van der Waals surface area contributed by atoms with E-state index in [9.17, 15) is 19.3 Å². The van der Waals surface area contributed by atoms with Crippen LogP contribution in [0.2, 0.25) is 0 Å². The Hall–Kier alpha value is -3.81. The minimum absolute atomic E-state index is 0.00750. The highest BCUT2D eigenvalue weighted by Gasteiger charge is 2.12. The topological polar surface area (TPSA) is 97.7 Å². The number of halogens is 1. The lowest BCUT2D eigenvalue weighted by Gasteiger charge is -2.02. The number of nitrogens with zero attached hydrogens (tertiary/aromatic N) is 2. The molecule has 0 aliphatic heterocycles. The van der Waals surface area contributed by atoms with E-state index in [0.717, 1.165) is 5.56 Å². The molecule has 8 heteroatoms. The van der Waals surface area contributed by atoms with Crippen molar-refractivity contribution in [1.82, 2.24) is 5.43 Å². The molecule has 1 heterocycles. The van der Waals surface area contributed by atoms with E-state index in [0.29, 0.717) is 17.1 Å². The van der Waals surface area contributed by atoms with Gasteiger partial charge in [-0.25, -0.2) is 9.82 Å². The number of hydrazone groups is 1. The highest BCUT2D eigenvalue weighted by Crippen LogP contribution is 2.28. The third kappa shape index (κ3) is 4.24. The fourth-order valence-corrected chi connectivity index (χ4v) is 2.43. The van der Waals surface area contributed by atoms with Gasteiger partial charge in [-0.1, -0.05) is 0 Å². The van der Waals surface area contributed by atoms with Crippen LogP contribution in [0.1, 0.15) is 21.7 Å². The average Bonchev–Trinajstić information content (AvgIpc) is 3.10. The number of nitrogens with one attached hydrogen (secondary N) is 1. The first kappa shape index (κ1) is 18.0. The number of hydrogen-bond acceptors (Lipinski definition) is 5. The van der Waals surface area contributed by atoms with Gasteiger partial charge in [-0.05, 0) is 55.0 Å². The number of rotatable bonds is 5. The number of carbonyl (C=O) groups excluding carboxylic acids is 1. The largest absolute Gasteiger partial charge is 0.455 e. The van der Waals surface area contributed by atoms with E-state index in [-0.39, 0.29) is 11.3 Å². The maximum absolute atomic E-state index is 12.8. The van der Waals surface area contributed by atoms with Crippen molar-refractivity contribution in [1.29, 1.82) is 0 Å². The zero-order valence-electron chi connectivity index (χ0n) is 14.2. The normalized spacial score (nSPS) is 10.9. The second-order valence-electron chi connectivity index (χ2n) is 5.66. The first-order valence-electron chi connectivity index (χ1n) is 7.88. The molecule has 1 amide bonds. The Morgan fingerprint density at radius 2 is 1.93 bits per heavy atom. The van der Waals surface area contributed by atoms with Gasteiger partial charge in [0.05, 0.1) is 11.1 Å². The molecule has 0 spiro atoms. The average molecular weight is 367 g/mol. The summed E-state index contributed by atoms with van der Waals surface area (Å²) in [5.74, 6) is -0.000172. The lowest BCUT2D eigenvalue weighted by Crippen LogP contribution is -2.17. The van der Waals surface area contributed by atoms with Gasteiger partial charge in [-0.2, -0.15) is 5.10 Å². The predicted octanol–water partition coefficient (Wildman–Crippen LogP) is 4.07. The lowest BCUT2D eigenvalue weighted by atomic mass is 10.1. The summed E-state index contributed by atoms with van der Waals surface area (Å²) in [5, 5.41) is 14.6. The van der Waals surface area contributed by atoms with Crippen molar-refractivity contribution < 1.29 is 18.5 Å². The molecule has 27 heavy (non-hydrogen) atoms. The number of benzene rings is 2. The summed E-state index contributed by atoms with van der Waals surface area (Å²) in [4.78, 5) is 22.2. The third-order valence-electron chi connectivity index (χ3n) is 3.78. The van der Waals surface area contributed by atoms with E-state index in [4.69, 9.17) is 4.42 Å². The van der Waals surface area contributed by atoms with Gasteiger partial charge >= 0.3 is 0 Å². The SMILES string of the molecule is Cc1cc([N+](=O)[O-])ccc1-c1ccc(/C=N\NC(=O)c2ccc(F)cc2)o1. The first-order chi connectivity index (χ1) is 12.9. The van der Waals surface area contributed by atoms with Gasteiger partial charge in [0.25, 0.3) is 11.6 Å². The van der Waals surface area contributed by atoms with Crippen LogP contribution in [0, 0.1) is 22.9 Å². The van der Waals surface area contributed by atoms with Crippen LogP contribution < -0.4 is 5.43 Å². The van der Waals surface area contributed by atoms with Crippen molar-refractivity contribution in [2.45, 2.75) is 6.92 Å². The number of carbonyl (C=O) groups is 1. The highest BCUT2D eigenvalue weighted by molar-refractivity contribution is 5.94. The number of aryl methyl sites for hydroxylation is 1. The fraction of sp³-hybridized carbons (Fsp3) is 0.0526.